The second-order valence-corrected chi connectivity index (χ2v) is 3.35. The lowest BCUT2D eigenvalue weighted by molar-refractivity contribution is -0.659. The van der Waals surface area contributed by atoms with Gasteiger partial charge in [-0.3, -0.25) is 0 Å². The highest BCUT2D eigenvalue weighted by molar-refractivity contribution is 4.73. The van der Waals surface area contributed by atoms with Crippen LogP contribution in [-0.2, 0) is 24.3 Å². The molecule has 76 valence electrons. The number of ether oxygens (including phenoxy) is 1. The van der Waals surface area contributed by atoms with Crippen LogP contribution in [0, 0.1) is 0 Å². The summed E-state index contributed by atoms with van der Waals surface area (Å²) in [6, 6.07) is 0. The third kappa shape index (κ3) is 2.00. The predicted octanol–water partition coefficient (Wildman–Crippen LogP) is 1.49. The van der Waals surface area contributed by atoms with Gasteiger partial charge in [-0.2, -0.15) is 19.6 Å². The zero-order chi connectivity index (χ0) is 9.15. The largest absolute Gasteiger partial charge is 0.330 e. The summed E-state index contributed by atoms with van der Waals surface area (Å²) in [5.74, 6) is -0.687. The molecule has 0 radical (unpaired) electrons. The first-order valence-electron chi connectivity index (χ1n) is 4.56. The van der Waals surface area contributed by atoms with E-state index in [0.29, 0.717) is 0 Å². The van der Waals surface area contributed by atoms with Gasteiger partial charge in [-0.15, -0.1) is 0 Å². The minimum absolute atomic E-state index is 0.687. The fraction of sp³-hybridized carbons (Fsp3) is 1.00. The molecule has 1 spiro atoms. The van der Waals surface area contributed by atoms with Crippen molar-refractivity contribution < 1.29 is 24.3 Å². The smallest absolute Gasteiger partial charge is 0.329 e. The summed E-state index contributed by atoms with van der Waals surface area (Å²) in [6.45, 7) is -0.868. The number of hydrogen-bond donors (Lipinski definition) is 0. The van der Waals surface area contributed by atoms with Crippen LogP contribution in [0.2, 0.25) is 0 Å². The van der Waals surface area contributed by atoms with Crippen LogP contribution in [-0.4, -0.2) is 19.4 Å². The molecular formula is C8H14O5. The first-order valence-corrected chi connectivity index (χ1v) is 4.56. The highest BCUT2D eigenvalue weighted by Crippen LogP contribution is 2.36. The van der Waals surface area contributed by atoms with Gasteiger partial charge in [0, 0.05) is 20.0 Å². The Hall–Kier alpha value is -0.200. The number of hydrogen-bond acceptors (Lipinski definition) is 5. The molecule has 0 atom stereocenters. The van der Waals surface area contributed by atoms with Gasteiger partial charge < -0.3 is 4.74 Å². The lowest BCUT2D eigenvalue weighted by atomic mass is 9.94. The molecule has 13 heavy (non-hydrogen) atoms. The third-order valence-corrected chi connectivity index (χ3v) is 2.36. The van der Waals surface area contributed by atoms with Gasteiger partial charge in [0.25, 0.3) is 0 Å². The molecular weight excluding hydrogens is 176 g/mol. The van der Waals surface area contributed by atoms with Gasteiger partial charge in [0.15, 0.2) is 0 Å². The van der Waals surface area contributed by atoms with Crippen LogP contribution in [0.4, 0.5) is 0 Å². The second-order valence-electron chi connectivity index (χ2n) is 3.35. The molecule has 5 heteroatoms. The van der Waals surface area contributed by atoms with Crippen molar-refractivity contribution in [2.75, 3.05) is 7.11 Å². The Balaban J connectivity index is 1.87. The van der Waals surface area contributed by atoms with Crippen LogP contribution < -0.4 is 0 Å². The number of methoxy groups -OCH3 is 1. The highest BCUT2D eigenvalue weighted by Gasteiger charge is 2.42. The first kappa shape index (κ1) is 9.36. The summed E-state index contributed by atoms with van der Waals surface area (Å²) >= 11 is 0. The van der Waals surface area contributed by atoms with Crippen molar-refractivity contribution in [2.45, 2.75) is 44.4 Å². The second kappa shape index (κ2) is 3.89. The van der Waals surface area contributed by atoms with Gasteiger partial charge in [0.2, 0.25) is 5.79 Å². The van der Waals surface area contributed by atoms with E-state index in [1.165, 1.54) is 13.5 Å². The van der Waals surface area contributed by atoms with Crippen LogP contribution in [0.15, 0.2) is 0 Å². The Morgan fingerprint density at radius 1 is 1.08 bits per heavy atom. The molecule has 1 saturated heterocycles. The van der Waals surface area contributed by atoms with Crippen molar-refractivity contribution >= 4 is 0 Å². The molecule has 2 aliphatic rings. The average Bonchev–Trinajstić information content (AvgIpc) is 2.20. The van der Waals surface area contributed by atoms with Crippen molar-refractivity contribution in [3.05, 3.63) is 0 Å². The highest BCUT2D eigenvalue weighted by atomic mass is 17.4. The summed E-state index contributed by atoms with van der Waals surface area (Å²) in [6.07, 6.45) is 4.98. The summed E-state index contributed by atoms with van der Waals surface area (Å²) in [5, 5.41) is 0. The van der Waals surface area contributed by atoms with Gasteiger partial charge in [-0.25, -0.2) is 0 Å². The SMILES string of the molecule is COC1OOC2(CCCCC2)OO1. The van der Waals surface area contributed by atoms with Crippen molar-refractivity contribution in [3.63, 3.8) is 0 Å². The van der Waals surface area contributed by atoms with E-state index >= 15 is 0 Å². The fourth-order valence-electron chi connectivity index (χ4n) is 1.62. The van der Waals surface area contributed by atoms with E-state index in [2.05, 4.69) is 0 Å². The molecule has 1 aliphatic heterocycles. The normalized spacial score (nSPS) is 29.3. The maximum atomic E-state index is 5.14. The average molecular weight is 190 g/mol. The molecule has 2 fully saturated rings. The van der Waals surface area contributed by atoms with E-state index < -0.39 is 12.3 Å². The van der Waals surface area contributed by atoms with E-state index in [9.17, 15) is 0 Å². The molecule has 0 N–H and O–H groups in total. The Kier molecular flexibility index (Phi) is 2.80. The van der Waals surface area contributed by atoms with Crippen LogP contribution in [0.25, 0.3) is 0 Å². The molecule has 0 amide bonds. The first-order chi connectivity index (χ1) is 6.35. The van der Waals surface area contributed by atoms with E-state index in [1.54, 1.807) is 0 Å². The van der Waals surface area contributed by atoms with Crippen LogP contribution in [0.5, 0.6) is 0 Å². The number of rotatable bonds is 1. The minimum Gasteiger partial charge on any atom is -0.330 e. The summed E-state index contributed by atoms with van der Waals surface area (Å²) in [5.41, 5.74) is 0. The zero-order valence-electron chi connectivity index (χ0n) is 7.65. The monoisotopic (exact) mass is 190 g/mol. The molecule has 0 bridgehead atoms. The Morgan fingerprint density at radius 2 is 1.69 bits per heavy atom. The minimum atomic E-state index is -0.868. The molecule has 1 heterocycles. The Morgan fingerprint density at radius 3 is 2.23 bits per heavy atom. The van der Waals surface area contributed by atoms with Gasteiger partial charge in [0.05, 0.1) is 0 Å². The summed E-state index contributed by atoms with van der Waals surface area (Å²) < 4.78 is 4.73. The van der Waals surface area contributed by atoms with Crippen molar-refractivity contribution in [2.24, 2.45) is 0 Å². The predicted molar refractivity (Wildman–Crippen MR) is 41.0 cm³/mol. The summed E-state index contributed by atoms with van der Waals surface area (Å²) in [4.78, 5) is 20.0. The molecule has 0 aromatic heterocycles. The van der Waals surface area contributed by atoms with Crippen molar-refractivity contribution in [3.8, 4) is 0 Å². The third-order valence-electron chi connectivity index (χ3n) is 2.36. The molecule has 1 saturated carbocycles. The van der Waals surface area contributed by atoms with Crippen molar-refractivity contribution in [1.82, 2.24) is 0 Å². The molecule has 1 aliphatic carbocycles. The van der Waals surface area contributed by atoms with E-state index in [0.717, 1.165) is 25.7 Å². The summed E-state index contributed by atoms with van der Waals surface area (Å²) in [7, 11) is 1.45. The van der Waals surface area contributed by atoms with Gasteiger partial charge >= 0.3 is 6.48 Å². The Labute approximate surface area is 76.7 Å². The van der Waals surface area contributed by atoms with Crippen molar-refractivity contribution in [1.29, 1.82) is 0 Å². The van der Waals surface area contributed by atoms with Crippen LogP contribution >= 0.6 is 0 Å². The fourth-order valence-corrected chi connectivity index (χ4v) is 1.62. The maximum absolute atomic E-state index is 5.14. The van der Waals surface area contributed by atoms with Gasteiger partial charge in [-0.05, 0) is 12.8 Å². The lowest BCUT2D eigenvalue weighted by Crippen LogP contribution is -2.45. The maximum Gasteiger partial charge on any atom is 0.329 e. The lowest BCUT2D eigenvalue weighted by Gasteiger charge is -2.38. The van der Waals surface area contributed by atoms with Crippen LogP contribution in [0.3, 0.4) is 0 Å². The van der Waals surface area contributed by atoms with Crippen LogP contribution in [0.1, 0.15) is 32.1 Å². The van der Waals surface area contributed by atoms with E-state index in [1.807, 2.05) is 0 Å². The Bertz CT molecular complexity index is 156. The molecule has 0 unspecified atom stereocenters. The topological polar surface area (TPSA) is 46.2 Å². The standard InChI is InChI=1S/C8H14O5/c1-9-7-10-12-8(13-11-7)5-3-2-4-6-8/h7H,2-6H2,1H3. The molecule has 0 aromatic rings. The molecule has 5 nitrogen and oxygen atoms in total. The quantitative estimate of drug-likeness (QED) is 0.586. The van der Waals surface area contributed by atoms with E-state index in [-0.39, 0.29) is 0 Å². The van der Waals surface area contributed by atoms with Gasteiger partial charge in [0.1, 0.15) is 0 Å². The van der Waals surface area contributed by atoms with E-state index in [4.69, 9.17) is 24.3 Å². The molecule has 2 rings (SSSR count). The molecule has 0 aromatic carbocycles. The zero-order valence-corrected chi connectivity index (χ0v) is 7.65. The van der Waals surface area contributed by atoms with Gasteiger partial charge in [-0.1, -0.05) is 6.42 Å².